The molecule has 0 fully saturated rings. The van der Waals surface area contributed by atoms with Crippen LogP contribution in [0, 0.1) is 0 Å². The molecule has 1 rings (SSSR count). The van der Waals surface area contributed by atoms with Crippen molar-refractivity contribution in [2.75, 3.05) is 20.3 Å². The van der Waals surface area contributed by atoms with E-state index in [0.29, 0.717) is 19.0 Å². The van der Waals surface area contributed by atoms with Crippen molar-refractivity contribution in [3.8, 4) is 0 Å². The smallest absolute Gasteiger partial charge is 0.346 e. The van der Waals surface area contributed by atoms with E-state index in [9.17, 15) is 4.79 Å². The Labute approximate surface area is 90.3 Å². The first kappa shape index (κ1) is 12.0. The molecule has 5 heteroatoms. The number of amides is 2. The number of rotatable bonds is 5. The zero-order valence-corrected chi connectivity index (χ0v) is 9.62. The molecule has 0 saturated carbocycles. The summed E-state index contributed by atoms with van der Waals surface area (Å²) in [6, 6.07) is -0.242. The van der Waals surface area contributed by atoms with E-state index >= 15 is 0 Å². The second-order valence-corrected chi connectivity index (χ2v) is 3.75. The van der Waals surface area contributed by atoms with Gasteiger partial charge in [0.15, 0.2) is 0 Å². The topological polar surface area (TPSA) is 67.9 Å². The van der Waals surface area contributed by atoms with Crippen LogP contribution in [0.5, 0.6) is 0 Å². The average Bonchev–Trinajstić information content (AvgIpc) is 2.43. The minimum atomic E-state index is -0.526. The van der Waals surface area contributed by atoms with Gasteiger partial charge in [-0.05, 0) is 12.8 Å². The van der Waals surface area contributed by atoms with E-state index < -0.39 is 5.54 Å². The van der Waals surface area contributed by atoms with Gasteiger partial charge in [0.25, 0.3) is 0 Å². The lowest BCUT2D eigenvalue weighted by atomic mass is 9.94. The summed E-state index contributed by atoms with van der Waals surface area (Å²) in [5, 5.41) is 0. The molecule has 5 nitrogen and oxygen atoms in total. The zero-order chi connectivity index (χ0) is 11.5. The molecular formula is C10H19N3O2. The van der Waals surface area contributed by atoms with Crippen molar-refractivity contribution in [1.29, 1.82) is 0 Å². The molecule has 0 aliphatic carbocycles. The van der Waals surface area contributed by atoms with Gasteiger partial charge >= 0.3 is 6.03 Å². The number of carbonyl (C=O) groups excluding carboxylic acids is 1. The summed E-state index contributed by atoms with van der Waals surface area (Å²) in [6.07, 6.45) is 1.61. The molecule has 1 atom stereocenters. The van der Waals surface area contributed by atoms with Crippen molar-refractivity contribution in [2.24, 2.45) is 10.7 Å². The van der Waals surface area contributed by atoms with E-state index in [2.05, 4.69) is 4.99 Å². The quantitative estimate of drug-likeness (QED) is 0.740. The number of ether oxygens (including phenoxy) is 1. The van der Waals surface area contributed by atoms with E-state index in [1.807, 2.05) is 13.8 Å². The van der Waals surface area contributed by atoms with Crippen LogP contribution in [0.4, 0.5) is 4.79 Å². The number of carbonyl (C=O) groups is 1. The maximum Gasteiger partial charge on any atom is 0.346 e. The average molecular weight is 213 g/mol. The number of aliphatic imine (C=N–C) groups is 1. The normalized spacial score (nSPS) is 25.9. The molecular weight excluding hydrogens is 194 g/mol. The van der Waals surface area contributed by atoms with Gasteiger partial charge in [-0.3, -0.25) is 0 Å². The Morgan fingerprint density at radius 3 is 2.67 bits per heavy atom. The number of amidine groups is 1. The monoisotopic (exact) mass is 213 g/mol. The summed E-state index contributed by atoms with van der Waals surface area (Å²) < 4.78 is 5.16. The van der Waals surface area contributed by atoms with Gasteiger partial charge < -0.3 is 15.4 Å². The molecule has 0 saturated heterocycles. The lowest BCUT2D eigenvalue weighted by Crippen LogP contribution is -2.57. The van der Waals surface area contributed by atoms with Crippen molar-refractivity contribution in [3.63, 3.8) is 0 Å². The van der Waals surface area contributed by atoms with Crippen LogP contribution in [-0.4, -0.2) is 42.6 Å². The van der Waals surface area contributed by atoms with E-state index in [4.69, 9.17) is 10.5 Å². The molecule has 0 aromatic rings. The Hall–Kier alpha value is -1.10. The summed E-state index contributed by atoms with van der Waals surface area (Å²) in [5.41, 5.74) is 5.30. The van der Waals surface area contributed by atoms with Crippen LogP contribution in [-0.2, 0) is 4.74 Å². The molecule has 1 aliphatic heterocycles. The van der Waals surface area contributed by atoms with Crippen molar-refractivity contribution in [1.82, 2.24) is 4.90 Å². The largest absolute Gasteiger partial charge is 0.385 e. The van der Waals surface area contributed by atoms with Crippen LogP contribution >= 0.6 is 0 Å². The number of methoxy groups -OCH3 is 1. The lowest BCUT2D eigenvalue weighted by molar-refractivity contribution is 0.0804. The van der Waals surface area contributed by atoms with Gasteiger partial charge in [-0.2, -0.15) is 4.99 Å². The molecule has 0 aromatic carbocycles. The van der Waals surface area contributed by atoms with Gasteiger partial charge in [0.05, 0.1) is 6.61 Å². The van der Waals surface area contributed by atoms with Gasteiger partial charge in [-0.1, -0.05) is 13.8 Å². The summed E-state index contributed by atoms with van der Waals surface area (Å²) in [5.74, 6) is 0.380. The molecule has 0 spiro atoms. The second-order valence-electron chi connectivity index (χ2n) is 3.75. The molecule has 0 aromatic heterocycles. The molecule has 2 N–H and O–H groups in total. The lowest BCUT2D eigenvalue weighted by Gasteiger charge is -2.36. The second kappa shape index (κ2) is 4.61. The molecule has 1 heterocycles. The van der Waals surface area contributed by atoms with Gasteiger partial charge in [-0.15, -0.1) is 0 Å². The first-order chi connectivity index (χ1) is 7.12. The summed E-state index contributed by atoms with van der Waals surface area (Å²) in [4.78, 5) is 17.2. The van der Waals surface area contributed by atoms with Gasteiger partial charge in [0, 0.05) is 13.7 Å². The number of hydrogen-bond acceptors (Lipinski definition) is 3. The maximum atomic E-state index is 11.6. The predicted molar refractivity (Wildman–Crippen MR) is 58.9 cm³/mol. The van der Waals surface area contributed by atoms with E-state index in [0.717, 1.165) is 12.8 Å². The third-order valence-electron chi connectivity index (χ3n) is 2.86. The van der Waals surface area contributed by atoms with Crippen LogP contribution in [0.25, 0.3) is 0 Å². The van der Waals surface area contributed by atoms with E-state index in [1.165, 1.54) is 0 Å². The Balaban J connectivity index is 2.98. The predicted octanol–water partition coefficient (Wildman–Crippen LogP) is 0.984. The molecule has 1 unspecified atom stereocenters. The summed E-state index contributed by atoms with van der Waals surface area (Å²) >= 11 is 0. The number of hydrogen-bond donors (Lipinski definition) is 1. The minimum Gasteiger partial charge on any atom is -0.385 e. The highest BCUT2D eigenvalue weighted by atomic mass is 16.5. The van der Waals surface area contributed by atoms with Crippen LogP contribution in [0.15, 0.2) is 4.99 Å². The third kappa shape index (κ3) is 1.84. The van der Waals surface area contributed by atoms with Crippen LogP contribution in [0.2, 0.25) is 0 Å². The molecule has 1 aliphatic rings. The molecule has 0 bridgehead atoms. The van der Waals surface area contributed by atoms with Crippen LogP contribution < -0.4 is 5.73 Å². The van der Waals surface area contributed by atoms with Gasteiger partial charge in [-0.25, -0.2) is 4.79 Å². The fourth-order valence-electron chi connectivity index (χ4n) is 1.99. The Morgan fingerprint density at radius 2 is 2.20 bits per heavy atom. The fourth-order valence-corrected chi connectivity index (χ4v) is 1.99. The van der Waals surface area contributed by atoms with Gasteiger partial charge in [0.2, 0.25) is 0 Å². The van der Waals surface area contributed by atoms with Crippen LogP contribution in [0.3, 0.4) is 0 Å². The van der Waals surface area contributed by atoms with Crippen molar-refractivity contribution in [2.45, 2.75) is 32.2 Å². The SMILES string of the molecule is CCCN1C(=O)N=C(N)C1(CC)COC. The Kier molecular flexibility index (Phi) is 3.68. The van der Waals surface area contributed by atoms with E-state index in [1.54, 1.807) is 12.0 Å². The number of nitrogens with zero attached hydrogens (tertiary/aromatic N) is 2. The van der Waals surface area contributed by atoms with Crippen molar-refractivity contribution in [3.05, 3.63) is 0 Å². The Morgan fingerprint density at radius 1 is 1.53 bits per heavy atom. The third-order valence-corrected chi connectivity index (χ3v) is 2.86. The molecule has 15 heavy (non-hydrogen) atoms. The van der Waals surface area contributed by atoms with Crippen molar-refractivity contribution < 1.29 is 9.53 Å². The highest BCUT2D eigenvalue weighted by molar-refractivity contribution is 6.05. The molecule has 0 radical (unpaired) electrons. The van der Waals surface area contributed by atoms with Crippen molar-refractivity contribution >= 4 is 11.9 Å². The fraction of sp³-hybridized carbons (Fsp3) is 0.800. The first-order valence-corrected chi connectivity index (χ1v) is 5.27. The van der Waals surface area contributed by atoms with E-state index in [-0.39, 0.29) is 6.03 Å². The molecule has 86 valence electrons. The van der Waals surface area contributed by atoms with Crippen LogP contribution in [0.1, 0.15) is 26.7 Å². The number of nitrogens with two attached hydrogens (primary N) is 1. The maximum absolute atomic E-state index is 11.6. The highest BCUT2D eigenvalue weighted by Crippen LogP contribution is 2.27. The summed E-state index contributed by atoms with van der Waals surface area (Å²) in [7, 11) is 1.61. The standard InChI is InChI=1S/C10H19N3O2/c1-4-6-13-9(14)12-8(11)10(13,5-2)7-15-3/h4-7H2,1-3H3,(H2,11,12,14). The van der Waals surface area contributed by atoms with Gasteiger partial charge in [0.1, 0.15) is 11.4 Å². The minimum absolute atomic E-state index is 0.242. The highest BCUT2D eigenvalue weighted by Gasteiger charge is 2.46. The molecule has 2 amide bonds. The number of urea groups is 1. The first-order valence-electron chi connectivity index (χ1n) is 5.27. The Bertz CT molecular complexity index is 278. The zero-order valence-electron chi connectivity index (χ0n) is 9.62. The summed E-state index contributed by atoms with van der Waals surface area (Å²) in [6.45, 7) is 5.09.